The van der Waals surface area contributed by atoms with Crippen molar-refractivity contribution in [3.8, 4) is 45.3 Å². The quantitative estimate of drug-likeness (QED) is 0.207. The van der Waals surface area contributed by atoms with Crippen molar-refractivity contribution in [2.45, 2.75) is 0 Å². The van der Waals surface area contributed by atoms with Crippen molar-refractivity contribution < 1.29 is 4.42 Å². The minimum Gasteiger partial charge on any atom is -0.455 e. The molecule has 0 saturated heterocycles. The maximum absolute atomic E-state index is 6.41. The molecule has 0 fully saturated rings. The number of nitrogens with zero attached hydrogens (tertiary/aromatic N) is 3. The number of hydrogen-bond acceptors (Lipinski definition) is 5. The van der Waals surface area contributed by atoms with Crippen molar-refractivity contribution in [2.24, 2.45) is 0 Å². The number of para-hydroxylation sites is 2. The number of fused-ring (bicyclic) bond motifs is 6. The zero-order valence-corrected chi connectivity index (χ0v) is 24.3. The first-order chi connectivity index (χ1) is 21.8. The first kappa shape index (κ1) is 24.9. The van der Waals surface area contributed by atoms with Crippen LogP contribution in [0.25, 0.3) is 87.4 Å². The fourth-order valence-corrected chi connectivity index (χ4v) is 7.25. The molecule has 44 heavy (non-hydrogen) atoms. The van der Waals surface area contributed by atoms with Crippen LogP contribution in [-0.2, 0) is 0 Å². The minimum absolute atomic E-state index is 0.583. The molecule has 3 heterocycles. The Labute approximate surface area is 256 Å². The Morgan fingerprint density at radius 3 is 1.84 bits per heavy atom. The van der Waals surface area contributed by atoms with Crippen LogP contribution in [0.2, 0.25) is 0 Å². The number of benzene rings is 6. The molecule has 0 aliphatic heterocycles. The molecule has 9 aromatic rings. The Balaban J connectivity index is 1.28. The Morgan fingerprint density at radius 1 is 0.409 bits per heavy atom. The van der Waals surface area contributed by atoms with E-state index in [2.05, 4.69) is 103 Å². The van der Waals surface area contributed by atoms with Crippen molar-refractivity contribution in [1.82, 2.24) is 15.0 Å². The van der Waals surface area contributed by atoms with Crippen LogP contribution in [0.5, 0.6) is 0 Å². The van der Waals surface area contributed by atoms with Crippen molar-refractivity contribution in [1.29, 1.82) is 0 Å². The summed E-state index contributed by atoms with van der Waals surface area (Å²) >= 11 is 1.77. The molecule has 0 bridgehead atoms. The van der Waals surface area contributed by atoms with Crippen LogP contribution in [0.4, 0.5) is 0 Å². The van der Waals surface area contributed by atoms with Gasteiger partial charge < -0.3 is 4.42 Å². The lowest BCUT2D eigenvalue weighted by Crippen LogP contribution is -2.00. The van der Waals surface area contributed by atoms with Gasteiger partial charge in [-0.15, -0.1) is 11.3 Å². The lowest BCUT2D eigenvalue weighted by atomic mass is 10.0. The molecule has 4 nitrogen and oxygen atoms in total. The SMILES string of the molecule is c1ccc(-c2ccc(-c3nc(-c4cccc5c4oc4ccccc45)nc(-c4cccc5c4sc4ccccc45)n3)cc2)cc1. The van der Waals surface area contributed by atoms with E-state index < -0.39 is 0 Å². The summed E-state index contributed by atoms with van der Waals surface area (Å²) in [6.45, 7) is 0. The van der Waals surface area contributed by atoms with Crippen LogP contribution in [0.15, 0.2) is 144 Å². The summed E-state index contributed by atoms with van der Waals surface area (Å²) in [6, 6.07) is 48.0. The van der Waals surface area contributed by atoms with E-state index >= 15 is 0 Å². The third kappa shape index (κ3) is 4.02. The number of thiophene rings is 1. The zero-order chi connectivity index (χ0) is 29.0. The van der Waals surface area contributed by atoms with Crippen molar-refractivity contribution >= 4 is 53.4 Å². The monoisotopic (exact) mass is 581 g/mol. The highest BCUT2D eigenvalue weighted by Crippen LogP contribution is 2.40. The topological polar surface area (TPSA) is 51.8 Å². The molecule has 6 aromatic carbocycles. The van der Waals surface area contributed by atoms with Crippen molar-refractivity contribution in [2.75, 3.05) is 0 Å². The maximum atomic E-state index is 6.41. The largest absolute Gasteiger partial charge is 0.455 e. The molecular formula is C39H23N3OS. The highest BCUT2D eigenvalue weighted by molar-refractivity contribution is 7.26. The van der Waals surface area contributed by atoms with Gasteiger partial charge in [0.2, 0.25) is 0 Å². The van der Waals surface area contributed by atoms with E-state index in [1.807, 2.05) is 36.4 Å². The summed E-state index contributed by atoms with van der Waals surface area (Å²) in [7, 11) is 0. The molecule has 0 amide bonds. The summed E-state index contributed by atoms with van der Waals surface area (Å²) in [5, 5.41) is 4.57. The van der Waals surface area contributed by atoms with E-state index in [9.17, 15) is 0 Å². The van der Waals surface area contributed by atoms with Crippen LogP contribution in [-0.4, -0.2) is 15.0 Å². The molecule has 0 atom stereocenters. The van der Waals surface area contributed by atoms with Gasteiger partial charge in [0.15, 0.2) is 17.5 Å². The van der Waals surface area contributed by atoms with Gasteiger partial charge in [-0.25, -0.2) is 15.0 Å². The third-order valence-electron chi connectivity index (χ3n) is 8.18. The Hall–Kier alpha value is -5.65. The summed E-state index contributed by atoms with van der Waals surface area (Å²) in [4.78, 5) is 15.3. The average molecular weight is 582 g/mol. The highest BCUT2D eigenvalue weighted by atomic mass is 32.1. The first-order valence-electron chi connectivity index (χ1n) is 14.5. The van der Waals surface area contributed by atoms with E-state index in [0.29, 0.717) is 17.5 Å². The Morgan fingerprint density at radius 2 is 1.00 bits per heavy atom. The summed E-state index contributed by atoms with van der Waals surface area (Å²) in [6.07, 6.45) is 0. The molecule has 0 N–H and O–H groups in total. The summed E-state index contributed by atoms with van der Waals surface area (Å²) < 4.78 is 8.81. The molecule has 0 radical (unpaired) electrons. The van der Waals surface area contributed by atoms with Crippen LogP contribution in [0, 0.1) is 0 Å². The van der Waals surface area contributed by atoms with Gasteiger partial charge in [0.1, 0.15) is 11.2 Å². The number of hydrogen-bond donors (Lipinski definition) is 0. The molecule has 0 spiro atoms. The van der Waals surface area contributed by atoms with Gasteiger partial charge >= 0.3 is 0 Å². The Kier molecular flexibility index (Phi) is 5.64. The van der Waals surface area contributed by atoms with E-state index in [0.717, 1.165) is 48.9 Å². The number of rotatable bonds is 4. The lowest BCUT2D eigenvalue weighted by molar-refractivity contribution is 0.669. The van der Waals surface area contributed by atoms with Gasteiger partial charge in [0.25, 0.3) is 0 Å². The fraction of sp³-hybridized carbons (Fsp3) is 0. The molecule has 5 heteroatoms. The van der Waals surface area contributed by atoms with Crippen LogP contribution in [0.1, 0.15) is 0 Å². The molecular weight excluding hydrogens is 559 g/mol. The minimum atomic E-state index is 0.583. The maximum Gasteiger partial charge on any atom is 0.167 e. The molecule has 0 aliphatic carbocycles. The van der Waals surface area contributed by atoms with Gasteiger partial charge in [0, 0.05) is 42.1 Å². The van der Waals surface area contributed by atoms with Crippen LogP contribution >= 0.6 is 11.3 Å². The van der Waals surface area contributed by atoms with E-state index in [4.69, 9.17) is 19.4 Å². The van der Waals surface area contributed by atoms with E-state index in [-0.39, 0.29) is 0 Å². The molecule has 206 valence electrons. The molecule has 9 rings (SSSR count). The van der Waals surface area contributed by atoms with E-state index in [1.54, 1.807) is 11.3 Å². The summed E-state index contributed by atoms with van der Waals surface area (Å²) in [5.41, 5.74) is 6.69. The van der Waals surface area contributed by atoms with Gasteiger partial charge in [0.05, 0.1) is 5.56 Å². The van der Waals surface area contributed by atoms with Gasteiger partial charge in [-0.3, -0.25) is 0 Å². The van der Waals surface area contributed by atoms with Crippen LogP contribution in [0.3, 0.4) is 0 Å². The smallest absolute Gasteiger partial charge is 0.167 e. The molecule has 3 aromatic heterocycles. The zero-order valence-electron chi connectivity index (χ0n) is 23.4. The average Bonchev–Trinajstić information content (AvgIpc) is 3.67. The molecule has 0 aliphatic rings. The standard InChI is InChI=1S/C39H23N3OS/c1-2-10-24(11-3-1)25-20-22-26(23-21-25)37-40-38(31-16-8-14-29-27-12-4-6-18-33(27)43-35(29)31)42-39(41-37)32-17-9-15-30-28-13-5-7-19-34(28)44-36(30)32/h1-23H. The van der Waals surface area contributed by atoms with Crippen molar-refractivity contribution in [3.63, 3.8) is 0 Å². The van der Waals surface area contributed by atoms with Crippen molar-refractivity contribution in [3.05, 3.63) is 140 Å². The van der Waals surface area contributed by atoms with E-state index in [1.165, 1.54) is 21.0 Å². The van der Waals surface area contributed by atoms with Gasteiger partial charge in [-0.2, -0.15) is 0 Å². The lowest BCUT2D eigenvalue weighted by Gasteiger charge is -2.10. The highest BCUT2D eigenvalue weighted by Gasteiger charge is 2.19. The van der Waals surface area contributed by atoms with Gasteiger partial charge in [-0.05, 0) is 35.4 Å². The second-order valence-electron chi connectivity index (χ2n) is 10.8. The normalized spacial score (nSPS) is 11.6. The van der Waals surface area contributed by atoms with Gasteiger partial charge in [-0.1, -0.05) is 115 Å². The molecule has 0 unspecified atom stereocenters. The Bertz CT molecular complexity index is 2360. The van der Waals surface area contributed by atoms with Crippen LogP contribution < -0.4 is 0 Å². The fourth-order valence-electron chi connectivity index (χ4n) is 6.03. The first-order valence-corrected chi connectivity index (χ1v) is 15.3. The summed E-state index contributed by atoms with van der Waals surface area (Å²) in [5.74, 6) is 1.85. The number of aromatic nitrogens is 3. The molecule has 0 saturated carbocycles. The second-order valence-corrected chi connectivity index (χ2v) is 11.9. The predicted molar refractivity (Wildman–Crippen MR) is 182 cm³/mol. The third-order valence-corrected chi connectivity index (χ3v) is 9.40. The predicted octanol–water partition coefficient (Wildman–Crippen LogP) is 10.8. The number of furan rings is 1. The second kappa shape index (κ2) is 9.97.